The van der Waals surface area contributed by atoms with Crippen molar-refractivity contribution in [3.8, 4) is 39.5 Å². The van der Waals surface area contributed by atoms with E-state index in [4.69, 9.17) is 0 Å². The third kappa shape index (κ3) is 4.98. The highest BCUT2D eigenvalue weighted by atomic mass is 16.3. The number of phenols is 3. The Hall–Kier alpha value is -2.94. The number of aromatic hydroxyl groups is 3. The van der Waals surface area contributed by atoms with Crippen LogP contribution in [0.1, 0.15) is 106 Å². The van der Waals surface area contributed by atoms with E-state index in [1.54, 1.807) is 0 Å². The quantitative estimate of drug-likeness (QED) is 0.344. The summed E-state index contributed by atoms with van der Waals surface area (Å²) in [6.07, 6.45) is 12.3. The van der Waals surface area contributed by atoms with E-state index in [9.17, 15) is 15.3 Å². The van der Waals surface area contributed by atoms with Crippen LogP contribution in [0.4, 0.5) is 0 Å². The number of benzene rings is 3. The minimum atomic E-state index is 0. The SMILES string of the molecule is C.Cc1cc(O)c(-c2cccc(-c3cc(C4CCCCC4)c(C)cc3O)c2O)cc1C1CCCCC1. The molecule has 2 aliphatic carbocycles. The Balaban J connectivity index is 0.00000304. The molecule has 2 saturated carbocycles. The van der Waals surface area contributed by atoms with Crippen molar-refractivity contribution >= 4 is 0 Å². The summed E-state index contributed by atoms with van der Waals surface area (Å²) in [7, 11) is 0. The van der Waals surface area contributed by atoms with Crippen molar-refractivity contribution in [2.24, 2.45) is 0 Å². The van der Waals surface area contributed by atoms with E-state index in [1.165, 1.54) is 75.3 Å². The Labute approximate surface area is 216 Å². The first-order valence-electron chi connectivity index (χ1n) is 13.4. The van der Waals surface area contributed by atoms with Crippen LogP contribution in [-0.2, 0) is 0 Å². The molecule has 3 N–H and O–H groups in total. The van der Waals surface area contributed by atoms with Gasteiger partial charge in [-0.1, -0.05) is 64.2 Å². The summed E-state index contributed by atoms with van der Waals surface area (Å²) in [4.78, 5) is 0. The topological polar surface area (TPSA) is 60.7 Å². The average Bonchev–Trinajstić information content (AvgIpc) is 2.86. The number of hydrogen-bond donors (Lipinski definition) is 3. The molecule has 5 rings (SSSR count). The number of aryl methyl sites for hydroxylation is 2. The van der Waals surface area contributed by atoms with Crippen molar-refractivity contribution in [2.45, 2.75) is 97.3 Å². The Bertz CT molecular complexity index is 1120. The summed E-state index contributed by atoms with van der Waals surface area (Å²) >= 11 is 0. The predicted octanol–water partition coefficient (Wildman–Crippen LogP) is 9.49. The first-order valence-corrected chi connectivity index (χ1v) is 13.4. The van der Waals surface area contributed by atoms with Gasteiger partial charge < -0.3 is 15.3 Å². The monoisotopic (exact) mass is 486 g/mol. The Kier molecular flexibility index (Phi) is 7.97. The maximum atomic E-state index is 11.5. The van der Waals surface area contributed by atoms with Gasteiger partial charge in [0.25, 0.3) is 0 Å². The first-order chi connectivity index (χ1) is 16.9. The normalized spacial score (nSPS) is 17.1. The molecule has 0 unspecified atom stereocenters. The molecule has 3 heteroatoms. The van der Waals surface area contributed by atoms with E-state index >= 15 is 0 Å². The van der Waals surface area contributed by atoms with Gasteiger partial charge in [0.15, 0.2) is 0 Å². The number of para-hydroxylation sites is 1. The van der Waals surface area contributed by atoms with Gasteiger partial charge in [0, 0.05) is 22.3 Å². The number of phenolic OH excluding ortho intramolecular Hbond substituents is 3. The maximum absolute atomic E-state index is 11.5. The lowest BCUT2D eigenvalue weighted by molar-refractivity contribution is 0.440. The molecule has 0 aromatic heterocycles. The molecular formula is C33H42O3. The fraction of sp³-hybridized carbons (Fsp3) is 0.455. The van der Waals surface area contributed by atoms with Crippen molar-refractivity contribution in [1.82, 2.24) is 0 Å². The zero-order valence-electron chi connectivity index (χ0n) is 21.1. The zero-order chi connectivity index (χ0) is 24.5. The Morgan fingerprint density at radius 3 is 1.33 bits per heavy atom. The van der Waals surface area contributed by atoms with E-state index in [1.807, 2.05) is 30.3 Å². The van der Waals surface area contributed by atoms with E-state index in [0.29, 0.717) is 34.1 Å². The minimum absolute atomic E-state index is 0. The Morgan fingerprint density at radius 2 is 0.944 bits per heavy atom. The van der Waals surface area contributed by atoms with E-state index in [0.717, 1.165) is 11.1 Å². The summed E-state index contributed by atoms with van der Waals surface area (Å²) in [6.45, 7) is 4.14. The van der Waals surface area contributed by atoms with Gasteiger partial charge in [0.1, 0.15) is 17.2 Å². The van der Waals surface area contributed by atoms with Gasteiger partial charge >= 0.3 is 0 Å². The highest BCUT2D eigenvalue weighted by molar-refractivity contribution is 5.86. The fourth-order valence-electron chi connectivity index (χ4n) is 6.54. The van der Waals surface area contributed by atoms with Gasteiger partial charge in [-0.2, -0.15) is 0 Å². The highest BCUT2D eigenvalue weighted by Gasteiger charge is 2.23. The summed E-state index contributed by atoms with van der Waals surface area (Å²) in [5.74, 6) is 1.49. The molecule has 0 spiro atoms. The number of rotatable bonds is 4. The zero-order valence-corrected chi connectivity index (χ0v) is 21.1. The van der Waals surface area contributed by atoms with Crippen LogP contribution in [-0.4, -0.2) is 15.3 Å². The molecule has 3 aromatic rings. The third-order valence-corrected chi connectivity index (χ3v) is 8.48. The van der Waals surface area contributed by atoms with E-state index in [-0.39, 0.29) is 24.7 Å². The molecule has 0 saturated heterocycles. The molecule has 0 bridgehead atoms. The molecule has 2 fully saturated rings. The molecule has 2 aliphatic rings. The molecule has 0 heterocycles. The van der Waals surface area contributed by atoms with Gasteiger partial charge in [0.2, 0.25) is 0 Å². The predicted molar refractivity (Wildman–Crippen MR) is 150 cm³/mol. The van der Waals surface area contributed by atoms with Gasteiger partial charge in [-0.05, 0) is 97.9 Å². The van der Waals surface area contributed by atoms with Crippen LogP contribution in [0.2, 0.25) is 0 Å². The smallest absolute Gasteiger partial charge is 0.131 e. The Morgan fingerprint density at radius 1 is 0.556 bits per heavy atom. The van der Waals surface area contributed by atoms with E-state index < -0.39 is 0 Å². The fourth-order valence-corrected chi connectivity index (χ4v) is 6.54. The second-order valence-corrected chi connectivity index (χ2v) is 10.8. The second-order valence-electron chi connectivity index (χ2n) is 10.8. The van der Waals surface area contributed by atoms with Crippen LogP contribution in [0, 0.1) is 13.8 Å². The second kappa shape index (κ2) is 11.0. The molecule has 3 nitrogen and oxygen atoms in total. The molecule has 0 radical (unpaired) electrons. The minimum Gasteiger partial charge on any atom is -0.507 e. The molecule has 3 aromatic carbocycles. The van der Waals surface area contributed by atoms with Crippen molar-refractivity contribution in [2.75, 3.05) is 0 Å². The standard InChI is InChI=1S/C32H38O3.CH4/c1-20-16-30(33)28(18-26(20)22-10-5-3-6-11-22)24-14-9-15-25(32(24)35)29-19-27(21(2)17-31(29)34)23-12-7-4-8-13-23;/h9,14-19,22-23,33-35H,3-8,10-13H2,1-2H3;1H4. The van der Waals surface area contributed by atoms with Crippen molar-refractivity contribution in [1.29, 1.82) is 0 Å². The van der Waals surface area contributed by atoms with Crippen LogP contribution in [0.3, 0.4) is 0 Å². The average molecular weight is 487 g/mol. The molecular weight excluding hydrogens is 444 g/mol. The number of hydrogen-bond acceptors (Lipinski definition) is 3. The summed E-state index contributed by atoms with van der Waals surface area (Å²) in [5, 5.41) is 33.3. The van der Waals surface area contributed by atoms with Gasteiger partial charge in [-0.25, -0.2) is 0 Å². The molecule has 36 heavy (non-hydrogen) atoms. The van der Waals surface area contributed by atoms with Crippen LogP contribution < -0.4 is 0 Å². The lowest BCUT2D eigenvalue weighted by Gasteiger charge is -2.25. The van der Waals surface area contributed by atoms with E-state index in [2.05, 4.69) is 26.0 Å². The van der Waals surface area contributed by atoms with Crippen LogP contribution in [0.25, 0.3) is 22.3 Å². The van der Waals surface area contributed by atoms with Crippen LogP contribution in [0.5, 0.6) is 17.2 Å². The largest absolute Gasteiger partial charge is 0.507 e. The lowest BCUT2D eigenvalue weighted by Crippen LogP contribution is -2.06. The van der Waals surface area contributed by atoms with Gasteiger partial charge in [-0.3, -0.25) is 0 Å². The van der Waals surface area contributed by atoms with Gasteiger partial charge in [-0.15, -0.1) is 0 Å². The van der Waals surface area contributed by atoms with Crippen molar-refractivity contribution in [3.63, 3.8) is 0 Å². The van der Waals surface area contributed by atoms with Crippen LogP contribution in [0.15, 0.2) is 42.5 Å². The summed E-state index contributed by atoms with van der Waals surface area (Å²) in [6, 6.07) is 13.5. The molecule has 0 amide bonds. The highest BCUT2D eigenvalue weighted by Crippen LogP contribution is 2.47. The van der Waals surface area contributed by atoms with Gasteiger partial charge in [0.05, 0.1) is 0 Å². The lowest BCUT2D eigenvalue weighted by atomic mass is 9.80. The summed E-state index contributed by atoms with van der Waals surface area (Å²) < 4.78 is 0. The maximum Gasteiger partial charge on any atom is 0.131 e. The summed E-state index contributed by atoms with van der Waals surface area (Å²) in [5.41, 5.74) is 7.32. The molecule has 192 valence electrons. The first kappa shape index (κ1) is 26.1. The molecule has 0 atom stereocenters. The van der Waals surface area contributed by atoms with Crippen molar-refractivity contribution in [3.05, 3.63) is 64.7 Å². The van der Waals surface area contributed by atoms with Crippen LogP contribution >= 0.6 is 0 Å². The third-order valence-electron chi connectivity index (χ3n) is 8.48. The van der Waals surface area contributed by atoms with Crippen molar-refractivity contribution < 1.29 is 15.3 Å². The molecule has 0 aliphatic heterocycles.